The van der Waals surface area contributed by atoms with Crippen molar-refractivity contribution >= 4 is 15.9 Å². The van der Waals surface area contributed by atoms with E-state index in [-0.39, 0.29) is 16.8 Å². The fourth-order valence-corrected chi connectivity index (χ4v) is 5.79. The van der Waals surface area contributed by atoms with E-state index in [4.69, 9.17) is 0 Å². The first-order valence-corrected chi connectivity index (χ1v) is 12.6. The smallest absolute Gasteiger partial charge is 0.241 e. The second kappa shape index (κ2) is 9.87. The normalized spacial score (nSPS) is 18.9. The van der Waals surface area contributed by atoms with E-state index in [1.807, 2.05) is 67.6 Å². The highest BCUT2D eigenvalue weighted by Gasteiger charge is 2.42. The van der Waals surface area contributed by atoms with Gasteiger partial charge in [-0.3, -0.25) is 4.79 Å². The zero-order valence-electron chi connectivity index (χ0n) is 18.6. The molecule has 3 atom stereocenters. The van der Waals surface area contributed by atoms with Crippen molar-refractivity contribution in [2.75, 3.05) is 6.54 Å². The van der Waals surface area contributed by atoms with Crippen molar-refractivity contribution in [2.24, 2.45) is 0 Å². The Labute approximate surface area is 195 Å². The van der Waals surface area contributed by atoms with Gasteiger partial charge in [-0.15, -0.1) is 0 Å². The summed E-state index contributed by atoms with van der Waals surface area (Å²) in [5.41, 5.74) is 0.398. The van der Waals surface area contributed by atoms with Crippen LogP contribution in [0.4, 0.5) is 0 Å². The van der Waals surface area contributed by atoms with Crippen molar-refractivity contribution in [2.45, 2.75) is 42.3 Å². The molecule has 3 N–H and O–H groups in total. The number of rotatable bonds is 8. The lowest BCUT2D eigenvalue weighted by Gasteiger charge is -2.40. The second-order valence-electron chi connectivity index (χ2n) is 8.49. The number of nitrogens with one attached hydrogen (secondary N) is 3. The van der Waals surface area contributed by atoms with Crippen LogP contribution >= 0.6 is 0 Å². The van der Waals surface area contributed by atoms with E-state index >= 15 is 0 Å². The van der Waals surface area contributed by atoms with Crippen LogP contribution in [0.2, 0.25) is 0 Å². The number of hydrogen-bond donors (Lipinski definition) is 3. The lowest BCUT2D eigenvalue weighted by Crippen LogP contribution is -2.55. The van der Waals surface area contributed by atoms with E-state index < -0.39 is 21.6 Å². The highest BCUT2D eigenvalue weighted by molar-refractivity contribution is 7.89. The molecule has 1 amide bonds. The van der Waals surface area contributed by atoms with Gasteiger partial charge in [0.05, 0.1) is 22.5 Å². The third-order valence-corrected chi connectivity index (χ3v) is 7.73. The zero-order chi connectivity index (χ0) is 23.3. The maximum atomic E-state index is 13.5. The summed E-state index contributed by atoms with van der Waals surface area (Å²) in [7, 11) is -3.89. The fraction of sp³-hybridized carbons (Fsp3) is 0.269. The Morgan fingerprint density at radius 2 is 1.52 bits per heavy atom. The summed E-state index contributed by atoms with van der Waals surface area (Å²) in [6.07, 6.45) is 1.69. The van der Waals surface area contributed by atoms with E-state index in [1.54, 1.807) is 30.3 Å². The monoisotopic (exact) mass is 463 g/mol. The first kappa shape index (κ1) is 23.2. The summed E-state index contributed by atoms with van der Waals surface area (Å²) >= 11 is 0. The molecule has 1 aliphatic heterocycles. The number of amides is 1. The minimum absolute atomic E-state index is 0.137. The van der Waals surface area contributed by atoms with Gasteiger partial charge in [-0.1, -0.05) is 78.9 Å². The Bertz CT molecular complexity index is 1170. The third-order valence-electron chi connectivity index (χ3n) is 6.15. The molecule has 7 heteroatoms. The summed E-state index contributed by atoms with van der Waals surface area (Å²) in [5, 5.41) is 6.39. The number of benzene rings is 3. The van der Waals surface area contributed by atoms with Crippen LogP contribution < -0.4 is 15.4 Å². The molecule has 1 heterocycles. The van der Waals surface area contributed by atoms with E-state index in [0.29, 0.717) is 0 Å². The summed E-state index contributed by atoms with van der Waals surface area (Å²) < 4.78 is 29.9. The van der Waals surface area contributed by atoms with Crippen LogP contribution in [-0.2, 0) is 20.4 Å². The van der Waals surface area contributed by atoms with Crippen molar-refractivity contribution in [1.82, 2.24) is 15.4 Å². The molecule has 0 radical (unpaired) electrons. The van der Waals surface area contributed by atoms with Crippen LogP contribution in [0.25, 0.3) is 0 Å². The van der Waals surface area contributed by atoms with Crippen LogP contribution in [-0.4, -0.2) is 26.9 Å². The van der Waals surface area contributed by atoms with Crippen molar-refractivity contribution in [3.8, 4) is 0 Å². The molecular weight excluding hydrogens is 434 g/mol. The molecule has 4 rings (SSSR count). The molecule has 1 aliphatic rings. The van der Waals surface area contributed by atoms with E-state index in [9.17, 15) is 13.2 Å². The topological polar surface area (TPSA) is 87.3 Å². The van der Waals surface area contributed by atoms with Gasteiger partial charge in [0, 0.05) is 0 Å². The summed E-state index contributed by atoms with van der Waals surface area (Å²) in [5.74, 6) is -0.137. The van der Waals surface area contributed by atoms with Crippen LogP contribution in [0.5, 0.6) is 0 Å². The van der Waals surface area contributed by atoms with Crippen LogP contribution in [0, 0.1) is 0 Å². The molecule has 1 fully saturated rings. The van der Waals surface area contributed by atoms with Gasteiger partial charge in [0.1, 0.15) is 0 Å². The molecular formula is C26H29N3O3S. The third kappa shape index (κ3) is 5.16. The quantitative estimate of drug-likeness (QED) is 0.477. The van der Waals surface area contributed by atoms with Gasteiger partial charge >= 0.3 is 0 Å². The van der Waals surface area contributed by atoms with Gasteiger partial charge in [-0.05, 0) is 49.6 Å². The Kier molecular flexibility index (Phi) is 6.93. The van der Waals surface area contributed by atoms with E-state index in [0.717, 1.165) is 30.5 Å². The Morgan fingerprint density at radius 3 is 2.09 bits per heavy atom. The lowest BCUT2D eigenvalue weighted by atomic mass is 9.81. The minimum Gasteiger partial charge on any atom is -0.346 e. The predicted molar refractivity (Wildman–Crippen MR) is 129 cm³/mol. The van der Waals surface area contributed by atoms with Gasteiger partial charge < -0.3 is 10.6 Å². The summed E-state index contributed by atoms with van der Waals surface area (Å²) in [4.78, 5) is 13.4. The first-order chi connectivity index (χ1) is 15.9. The maximum Gasteiger partial charge on any atom is 0.241 e. The maximum absolute atomic E-state index is 13.5. The highest BCUT2D eigenvalue weighted by Crippen LogP contribution is 2.37. The second-order valence-corrected chi connectivity index (χ2v) is 10.2. The molecule has 0 aliphatic carbocycles. The molecule has 172 valence electrons. The first-order valence-electron chi connectivity index (χ1n) is 11.1. The van der Waals surface area contributed by atoms with E-state index in [2.05, 4.69) is 15.4 Å². The molecule has 0 unspecified atom stereocenters. The Hall–Kier alpha value is -3.00. The summed E-state index contributed by atoms with van der Waals surface area (Å²) in [6, 6.07) is 26.2. The zero-order valence-corrected chi connectivity index (χ0v) is 19.4. The summed E-state index contributed by atoms with van der Waals surface area (Å²) in [6.45, 7) is 2.62. The minimum atomic E-state index is -3.89. The van der Waals surface area contributed by atoms with Gasteiger partial charge in [-0.2, -0.15) is 4.72 Å². The average molecular weight is 464 g/mol. The predicted octanol–water partition coefficient (Wildman–Crippen LogP) is 3.49. The number of carbonyl (C=O) groups is 1. The SMILES string of the molecule is C[C@@](NS(=O)(=O)c1ccccc1)(c1ccccc1)[C@@H](NC(=O)[C@@H]1CCCN1)c1ccccc1. The highest BCUT2D eigenvalue weighted by atomic mass is 32.2. The van der Waals surface area contributed by atoms with Crippen LogP contribution in [0.1, 0.15) is 36.9 Å². The molecule has 3 aromatic rings. The average Bonchev–Trinajstić information content (AvgIpc) is 3.39. The number of sulfonamides is 1. The van der Waals surface area contributed by atoms with Gasteiger partial charge in [-0.25, -0.2) is 8.42 Å². The number of hydrogen-bond acceptors (Lipinski definition) is 4. The largest absolute Gasteiger partial charge is 0.346 e. The van der Waals surface area contributed by atoms with E-state index in [1.165, 1.54) is 0 Å². The molecule has 0 bridgehead atoms. The van der Waals surface area contributed by atoms with Crippen molar-refractivity contribution in [3.63, 3.8) is 0 Å². The molecule has 0 aromatic heterocycles. The molecule has 0 saturated carbocycles. The van der Waals surface area contributed by atoms with Crippen molar-refractivity contribution in [1.29, 1.82) is 0 Å². The van der Waals surface area contributed by atoms with Gasteiger partial charge in [0.15, 0.2) is 0 Å². The fourth-order valence-electron chi connectivity index (χ4n) is 4.36. The number of carbonyl (C=O) groups excluding carboxylic acids is 1. The van der Waals surface area contributed by atoms with Crippen LogP contribution in [0.3, 0.4) is 0 Å². The van der Waals surface area contributed by atoms with Gasteiger partial charge in [0.25, 0.3) is 0 Å². The van der Waals surface area contributed by atoms with Crippen molar-refractivity contribution in [3.05, 3.63) is 102 Å². The lowest BCUT2D eigenvalue weighted by molar-refractivity contribution is -0.124. The molecule has 0 spiro atoms. The van der Waals surface area contributed by atoms with Crippen molar-refractivity contribution < 1.29 is 13.2 Å². The Balaban J connectivity index is 1.80. The molecule has 1 saturated heterocycles. The Morgan fingerprint density at radius 1 is 0.939 bits per heavy atom. The van der Waals surface area contributed by atoms with Crippen LogP contribution in [0.15, 0.2) is 95.9 Å². The molecule has 3 aromatic carbocycles. The molecule has 33 heavy (non-hydrogen) atoms. The standard InChI is InChI=1S/C26H29N3O3S/c1-26(21-14-7-3-8-15-21,29-33(31,32)22-16-9-4-10-17-22)24(20-12-5-2-6-13-20)28-25(30)23-18-11-19-27-23/h2-10,12-17,23-24,27,29H,11,18-19H2,1H3,(H,28,30)/t23-,24-,26+/m0/s1. The molecule has 6 nitrogen and oxygen atoms in total. The van der Waals surface area contributed by atoms with Gasteiger partial charge in [0.2, 0.25) is 15.9 Å².